The van der Waals surface area contributed by atoms with E-state index in [9.17, 15) is 13.2 Å². The molecule has 1 aromatic heterocycles. The molecular formula is C12H11Cl2NO5S. The highest BCUT2D eigenvalue weighted by Crippen LogP contribution is 2.33. The Balaban J connectivity index is 2.28. The van der Waals surface area contributed by atoms with E-state index in [2.05, 4.69) is 9.46 Å². The smallest absolute Gasteiger partial charge is 0.321 e. The maximum Gasteiger partial charge on any atom is 0.321 e. The van der Waals surface area contributed by atoms with Crippen LogP contribution in [0.1, 0.15) is 6.92 Å². The van der Waals surface area contributed by atoms with Gasteiger partial charge in [0.25, 0.3) is 10.0 Å². The van der Waals surface area contributed by atoms with Crippen LogP contribution in [0.5, 0.6) is 0 Å². The molecule has 0 spiro atoms. The first kappa shape index (κ1) is 16.1. The van der Waals surface area contributed by atoms with Gasteiger partial charge in [0.15, 0.2) is 0 Å². The number of benzene rings is 1. The quantitative estimate of drug-likeness (QED) is 0.836. The number of hydrogen-bond donors (Lipinski definition) is 1. The van der Waals surface area contributed by atoms with E-state index in [1.165, 1.54) is 18.2 Å². The first-order valence-corrected chi connectivity index (χ1v) is 8.12. The lowest BCUT2D eigenvalue weighted by molar-refractivity contribution is -0.141. The highest BCUT2D eigenvalue weighted by atomic mass is 35.5. The molecule has 2 aromatic rings. The Morgan fingerprint density at radius 1 is 1.38 bits per heavy atom. The lowest BCUT2D eigenvalue weighted by Gasteiger charge is -2.03. The molecule has 9 heteroatoms. The van der Waals surface area contributed by atoms with E-state index in [4.69, 9.17) is 27.6 Å². The average molecular weight is 352 g/mol. The SMILES string of the molecule is CCOC(=O)CNS(=O)(=O)c1cc2c(Cl)c(Cl)ccc2o1. The highest BCUT2D eigenvalue weighted by Gasteiger charge is 2.22. The van der Waals surface area contributed by atoms with E-state index < -0.39 is 22.5 Å². The summed E-state index contributed by atoms with van der Waals surface area (Å²) in [6.07, 6.45) is 0. The summed E-state index contributed by atoms with van der Waals surface area (Å²) in [4.78, 5) is 11.2. The number of rotatable bonds is 5. The summed E-state index contributed by atoms with van der Waals surface area (Å²) in [6.45, 7) is 1.30. The Morgan fingerprint density at radius 2 is 2.10 bits per heavy atom. The minimum atomic E-state index is -3.98. The number of esters is 1. The molecule has 1 heterocycles. The normalized spacial score (nSPS) is 11.8. The van der Waals surface area contributed by atoms with Crippen LogP contribution in [-0.4, -0.2) is 27.5 Å². The van der Waals surface area contributed by atoms with Gasteiger partial charge in [0.1, 0.15) is 12.1 Å². The Hall–Kier alpha value is -1.28. The van der Waals surface area contributed by atoms with Gasteiger partial charge in [-0.2, -0.15) is 4.72 Å². The van der Waals surface area contributed by atoms with Crippen molar-refractivity contribution in [2.45, 2.75) is 12.0 Å². The van der Waals surface area contributed by atoms with Crippen molar-refractivity contribution in [3.8, 4) is 0 Å². The minimum absolute atomic E-state index is 0.166. The number of nitrogens with one attached hydrogen (secondary N) is 1. The number of fused-ring (bicyclic) bond motifs is 1. The molecule has 0 radical (unpaired) electrons. The second-order valence-corrected chi connectivity index (χ2v) is 6.45. The molecular weight excluding hydrogens is 341 g/mol. The third-order valence-electron chi connectivity index (χ3n) is 2.54. The Labute approximate surface area is 131 Å². The lowest BCUT2D eigenvalue weighted by atomic mass is 10.2. The fourth-order valence-corrected chi connectivity index (χ4v) is 2.90. The molecule has 0 saturated heterocycles. The van der Waals surface area contributed by atoms with Gasteiger partial charge in [-0.15, -0.1) is 0 Å². The van der Waals surface area contributed by atoms with Crippen LogP contribution in [0.4, 0.5) is 0 Å². The number of ether oxygens (including phenoxy) is 1. The molecule has 0 atom stereocenters. The number of sulfonamides is 1. The molecule has 0 unspecified atom stereocenters. The molecule has 6 nitrogen and oxygen atoms in total. The molecule has 1 aromatic carbocycles. The molecule has 0 saturated carbocycles. The molecule has 2 rings (SSSR count). The van der Waals surface area contributed by atoms with Crippen LogP contribution in [0.25, 0.3) is 11.0 Å². The standard InChI is InChI=1S/C12H11Cl2NO5S/c1-2-19-10(16)6-15-21(17,18)11-5-7-9(20-11)4-3-8(13)12(7)14/h3-5,15H,2,6H2,1H3. The summed E-state index contributed by atoms with van der Waals surface area (Å²) >= 11 is 11.8. The molecule has 21 heavy (non-hydrogen) atoms. The monoisotopic (exact) mass is 351 g/mol. The Kier molecular flexibility index (Phi) is 4.77. The first-order valence-electron chi connectivity index (χ1n) is 5.88. The van der Waals surface area contributed by atoms with Crippen LogP contribution < -0.4 is 4.72 Å². The van der Waals surface area contributed by atoms with E-state index >= 15 is 0 Å². The topological polar surface area (TPSA) is 85.6 Å². The van der Waals surface area contributed by atoms with E-state index in [0.717, 1.165) is 0 Å². The van der Waals surface area contributed by atoms with Crippen molar-refractivity contribution < 1.29 is 22.4 Å². The van der Waals surface area contributed by atoms with Crippen molar-refractivity contribution >= 4 is 50.2 Å². The molecule has 0 amide bonds. The van der Waals surface area contributed by atoms with Crippen molar-refractivity contribution in [1.29, 1.82) is 0 Å². The predicted molar refractivity (Wildman–Crippen MR) is 78.1 cm³/mol. The van der Waals surface area contributed by atoms with Crippen LogP contribution in [0.15, 0.2) is 27.7 Å². The van der Waals surface area contributed by atoms with Gasteiger partial charge in [0.05, 0.1) is 16.7 Å². The fraction of sp³-hybridized carbons (Fsp3) is 0.250. The molecule has 0 aliphatic rings. The number of hydrogen-bond acceptors (Lipinski definition) is 5. The van der Waals surface area contributed by atoms with Crippen molar-refractivity contribution in [3.05, 3.63) is 28.2 Å². The van der Waals surface area contributed by atoms with Crippen LogP contribution in [0.3, 0.4) is 0 Å². The maximum absolute atomic E-state index is 12.0. The van der Waals surface area contributed by atoms with Crippen molar-refractivity contribution in [1.82, 2.24) is 4.72 Å². The highest BCUT2D eigenvalue weighted by molar-refractivity contribution is 7.89. The van der Waals surface area contributed by atoms with Crippen molar-refractivity contribution in [2.24, 2.45) is 0 Å². The Bertz CT molecular complexity index is 784. The summed E-state index contributed by atoms with van der Waals surface area (Å²) in [5, 5.41) is 0.504. The van der Waals surface area contributed by atoms with Gasteiger partial charge in [-0.3, -0.25) is 4.79 Å². The third kappa shape index (κ3) is 3.49. The van der Waals surface area contributed by atoms with Gasteiger partial charge in [-0.05, 0) is 19.1 Å². The molecule has 0 aliphatic heterocycles. The summed E-state index contributed by atoms with van der Waals surface area (Å²) in [6, 6.07) is 4.25. The zero-order chi connectivity index (χ0) is 15.6. The van der Waals surface area contributed by atoms with Crippen LogP contribution >= 0.6 is 23.2 Å². The second kappa shape index (κ2) is 6.23. The predicted octanol–water partition coefficient (Wildman–Crippen LogP) is 2.58. The van der Waals surface area contributed by atoms with E-state index in [0.29, 0.717) is 5.39 Å². The van der Waals surface area contributed by atoms with Gasteiger partial charge >= 0.3 is 5.97 Å². The summed E-state index contributed by atoms with van der Waals surface area (Å²) in [5.41, 5.74) is 0.279. The third-order valence-corrected chi connectivity index (χ3v) is 4.62. The van der Waals surface area contributed by atoms with Crippen molar-refractivity contribution in [2.75, 3.05) is 13.2 Å². The fourth-order valence-electron chi connectivity index (χ4n) is 1.60. The van der Waals surface area contributed by atoms with Crippen LogP contribution in [-0.2, 0) is 19.6 Å². The van der Waals surface area contributed by atoms with Gasteiger partial charge in [-0.1, -0.05) is 23.2 Å². The van der Waals surface area contributed by atoms with Gasteiger partial charge in [0, 0.05) is 11.5 Å². The molecule has 0 aliphatic carbocycles. The summed E-state index contributed by atoms with van der Waals surface area (Å²) in [7, 11) is -3.98. The maximum atomic E-state index is 12.0. The first-order chi connectivity index (χ1) is 9.85. The number of carbonyl (C=O) groups excluding carboxylic acids is 1. The zero-order valence-corrected chi connectivity index (χ0v) is 13.2. The second-order valence-electron chi connectivity index (χ2n) is 3.97. The van der Waals surface area contributed by atoms with Crippen LogP contribution in [0.2, 0.25) is 10.0 Å². The van der Waals surface area contributed by atoms with Gasteiger partial charge in [0.2, 0.25) is 5.09 Å². The lowest BCUT2D eigenvalue weighted by Crippen LogP contribution is -2.30. The summed E-state index contributed by atoms with van der Waals surface area (Å²) < 4.78 is 36.0. The van der Waals surface area contributed by atoms with E-state index in [1.54, 1.807) is 6.92 Å². The molecule has 0 bridgehead atoms. The largest absolute Gasteiger partial charge is 0.465 e. The number of halogens is 2. The molecule has 114 valence electrons. The van der Waals surface area contributed by atoms with Crippen molar-refractivity contribution in [3.63, 3.8) is 0 Å². The molecule has 0 fully saturated rings. The van der Waals surface area contributed by atoms with Gasteiger partial charge < -0.3 is 9.15 Å². The summed E-state index contributed by atoms with van der Waals surface area (Å²) in [5.74, 6) is -0.682. The van der Waals surface area contributed by atoms with Gasteiger partial charge in [-0.25, -0.2) is 8.42 Å². The molecule has 1 N–H and O–H groups in total. The van der Waals surface area contributed by atoms with E-state index in [1.807, 2.05) is 0 Å². The Morgan fingerprint density at radius 3 is 2.76 bits per heavy atom. The minimum Gasteiger partial charge on any atom is -0.465 e. The zero-order valence-electron chi connectivity index (χ0n) is 10.9. The number of carbonyl (C=O) groups is 1. The average Bonchev–Trinajstić information content (AvgIpc) is 2.87. The van der Waals surface area contributed by atoms with E-state index in [-0.39, 0.29) is 27.3 Å². The number of furan rings is 1. The van der Waals surface area contributed by atoms with Crippen LogP contribution in [0, 0.1) is 0 Å².